The maximum Gasteiger partial charge on any atom is 0.224 e. The van der Waals surface area contributed by atoms with E-state index < -0.39 is 0 Å². The molecule has 3 rings (SSSR count). The fourth-order valence-corrected chi connectivity index (χ4v) is 2.90. The topological polar surface area (TPSA) is 80.0 Å². The van der Waals surface area contributed by atoms with Crippen molar-refractivity contribution in [1.29, 1.82) is 0 Å². The summed E-state index contributed by atoms with van der Waals surface area (Å²) in [7, 11) is 0. The van der Waals surface area contributed by atoms with Crippen LogP contribution in [0.15, 0.2) is 4.52 Å². The van der Waals surface area contributed by atoms with Gasteiger partial charge in [0.05, 0.1) is 6.54 Å². The molecule has 2 heterocycles. The SMILES string of the molecule is Cc1nc(CNC(=O)C2CC23CCNCC3)no1. The number of hydrogen-bond acceptors (Lipinski definition) is 5. The van der Waals surface area contributed by atoms with Crippen molar-refractivity contribution in [2.45, 2.75) is 32.7 Å². The lowest BCUT2D eigenvalue weighted by Gasteiger charge is -2.23. The third-order valence-electron chi connectivity index (χ3n) is 4.10. The molecule has 1 aliphatic heterocycles. The largest absolute Gasteiger partial charge is 0.348 e. The van der Waals surface area contributed by atoms with Gasteiger partial charge in [-0.2, -0.15) is 4.98 Å². The van der Waals surface area contributed by atoms with Crippen LogP contribution in [-0.4, -0.2) is 29.1 Å². The Morgan fingerprint density at radius 1 is 1.56 bits per heavy atom. The van der Waals surface area contributed by atoms with Crippen molar-refractivity contribution < 1.29 is 9.32 Å². The smallest absolute Gasteiger partial charge is 0.224 e. The Labute approximate surface area is 106 Å². The number of carbonyl (C=O) groups is 1. The van der Waals surface area contributed by atoms with E-state index in [2.05, 4.69) is 20.8 Å². The highest BCUT2D eigenvalue weighted by Crippen LogP contribution is 2.58. The second-order valence-electron chi connectivity index (χ2n) is 5.32. The van der Waals surface area contributed by atoms with Gasteiger partial charge in [0, 0.05) is 12.8 Å². The van der Waals surface area contributed by atoms with E-state index in [1.165, 1.54) is 0 Å². The fourth-order valence-electron chi connectivity index (χ4n) is 2.90. The minimum absolute atomic E-state index is 0.138. The maximum absolute atomic E-state index is 12.0. The second kappa shape index (κ2) is 4.35. The number of nitrogens with zero attached hydrogens (tertiary/aromatic N) is 2. The van der Waals surface area contributed by atoms with E-state index >= 15 is 0 Å². The van der Waals surface area contributed by atoms with Crippen LogP contribution in [0.2, 0.25) is 0 Å². The van der Waals surface area contributed by atoms with Crippen LogP contribution in [0, 0.1) is 18.3 Å². The second-order valence-corrected chi connectivity index (χ2v) is 5.32. The van der Waals surface area contributed by atoms with Gasteiger partial charge >= 0.3 is 0 Å². The molecule has 0 bridgehead atoms. The van der Waals surface area contributed by atoms with Crippen molar-refractivity contribution in [3.63, 3.8) is 0 Å². The molecule has 2 fully saturated rings. The molecule has 0 aromatic carbocycles. The molecular formula is C12H18N4O2. The van der Waals surface area contributed by atoms with Gasteiger partial charge in [-0.05, 0) is 37.8 Å². The molecule has 1 unspecified atom stereocenters. The van der Waals surface area contributed by atoms with Gasteiger partial charge in [-0.3, -0.25) is 4.79 Å². The van der Waals surface area contributed by atoms with E-state index in [9.17, 15) is 4.79 Å². The van der Waals surface area contributed by atoms with Crippen molar-refractivity contribution in [3.8, 4) is 0 Å². The molecule has 2 N–H and O–H groups in total. The molecule has 1 aromatic rings. The predicted octanol–water partition coefficient (Wildman–Crippen LogP) is 0.384. The van der Waals surface area contributed by atoms with Crippen molar-refractivity contribution in [1.82, 2.24) is 20.8 Å². The first-order chi connectivity index (χ1) is 8.70. The van der Waals surface area contributed by atoms with E-state index in [1.807, 2.05) is 0 Å². The normalized spacial score (nSPS) is 25.1. The Balaban J connectivity index is 1.51. The minimum Gasteiger partial charge on any atom is -0.348 e. The third-order valence-corrected chi connectivity index (χ3v) is 4.10. The molecule has 6 nitrogen and oxygen atoms in total. The third kappa shape index (κ3) is 2.12. The summed E-state index contributed by atoms with van der Waals surface area (Å²) >= 11 is 0. The first-order valence-corrected chi connectivity index (χ1v) is 6.47. The van der Waals surface area contributed by atoms with E-state index in [4.69, 9.17) is 4.52 Å². The summed E-state index contributed by atoms with van der Waals surface area (Å²) < 4.78 is 4.86. The van der Waals surface area contributed by atoms with Gasteiger partial charge in [0.1, 0.15) is 0 Å². The molecule has 1 saturated heterocycles. The lowest BCUT2D eigenvalue weighted by atomic mass is 9.92. The summed E-state index contributed by atoms with van der Waals surface area (Å²) in [5, 5.41) is 10.00. The maximum atomic E-state index is 12.0. The quantitative estimate of drug-likeness (QED) is 0.811. The van der Waals surface area contributed by atoms with Gasteiger partial charge < -0.3 is 15.2 Å². The number of carbonyl (C=O) groups excluding carboxylic acids is 1. The van der Waals surface area contributed by atoms with Gasteiger partial charge in [-0.15, -0.1) is 0 Å². The summed E-state index contributed by atoms with van der Waals surface area (Å²) in [6.07, 6.45) is 3.27. The molecule has 0 radical (unpaired) electrons. The zero-order valence-corrected chi connectivity index (χ0v) is 10.5. The Bertz CT molecular complexity index is 451. The van der Waals surface area contributed by atoms with Crippen molar-refractivity contribution in [2.75, 3.05) is 13.1 Å². The highest BCUT2D eigenvalue weighted by atomic mass is 16.5. The molecule has 2 aliphatic rings. The molecule has 98 valence electrons. The monoisotopic (exact) mass is 250 g/mol. The summed E-state index contributed by atoms with van der Waals surface area (Å²) in [5.41, 5.74) is 0.280. The number of nitrogens with one attached hydrogen (secondary N) is 2. The van der Waals surface area contributed by atoms with Crippen LogP contribution in [0.4, 0.5) is 0 Å². The van der Waals surface area contributed by atoms with Gasteiger partial charge in [0.2, 0.25) is 11.8 Å². The van der Waals surface area contributed by atoms with E-state index in [0.717, 1.165) is 32.4 Å². The van der Waals surface area contributed by atoms with Gasteiger partial charge in [-0.1, -0.05) is 5.16 Å². The Morgan fingerprint density at radius 2 is 2.33 bits per heavy atom. The number of aryl methyl sites for hydroxylation is 1. The van der Waals surface area contributed by atoms with E-state index in [1.54, 1.807) is 6.92 Å². The van der Waals surface area contributed by atoms with Crippen molar-refractivity contribution >= 4 is 5.91 Å². The highest BCUT2D eigenvalue weighted by Gasteiger charge is 2.57. The molecule has 1 amide bonds. The van der Waals surface area contributed by atoms with Crippen molar-refractivity contribution in [2.24, 2.45) is 11.3 Å². The molecule has 1 saturated carbocycles. The van der Waals surface area contributed by atoms with Gasteiger partial charge in [-0.25, -0.2) is 0 Å². The first-order valence-electron chi connectivity index (χ1n) is 6.47. The van der Waals surface area contributed by atoms with Crippen molar-refractivity contribution in [3.05, 3.63) is 11.7 Å². The molecule has 1 atom stereocenters. The van der Waals surface area contributed by atoms with Crippen LogP contribution in [0.5, 0.6) is 0 Å². The standard InChI is InChI=1S/C12H18N4O2/c1-8-15-10(16-18-8)7-14-11(17)9-6-12(9)2-4-13-5-3-12/h9,13H,2-7H2,1H3,(H,14,17). The lowest BCUT2D eigenvalue weighted by Crippen LogP contribution is -2.33. The van der Waals surface area contributed by atoms with Gasteiger partial charge in [0.15, 0.2) is 5.82 Å². The Kier molecular flexibility index (Phi) is 2.81. The summed E-state index contributed by atoms with van der Waals surface area (Å²) in [6.45, 7) is 4.17. The van der Waals surface area contributed by atoms with E-state index in [-0.39, 0.29) is 17.2 Å². The lowest BCUT2D eigenvalue weighted by molar-refractivity contribution is -0.123. The molecule has 1 aromatic heterocycles. The Morgan fingerprint density at radius 3 is 3.00 bits per heavy atom. The molecule has 6 heteroatoms. The first kappa shape index (κ1) is 11.6. The molecule has 18 heavy (non-hydrogen) atoms. The van der Waals surface area contributed by atoms with Crippen LogP contribution < -0.4 is 10.6 Å². The van der Waals surface area contributed by atoms with Gasteiger partial charge in [0.25, 0.3) is 0 Å². The van der Waals surface area contributed by atoms with Crippen LogP contribution >= 0.6 is 0 Å². The number of rotatable bonds is 3. The number of hydrogen-bond donors (Lipinski definition) is 2. The zero-order valence-electron chi connectivity index (χ0n) is 10.5. The minimum atomic E-state index is 0.138. The Hall–Kier alpha value is -1.43. The summed E-state index contributed by atoms with van der Waals surface area (Å²) in [6, 6.07) is 0. The predicted molar refractivity (Wildman–Crippen MR) is 63.5 cm³/mol. The summed E-state index contributed by atoms with van der Waals surface area (Å²) in [4.78, 5) is 16.1. The molecule has 1 aliphatic carbocycles. The van der Waals surface area contributed by atoms with E-state index in [0.29, 0.717) is 18.3 Å². The number of amides is 1. The molecule has 1 spiro atoms. The van der Waals surface area contributed by atoms with Crippen LogP contribution in [0.3, 0.4) is 0 Å². The summed E-state index contributed by atoms with van der Waals surface area (Å²) in [5.74, 6) is 1.40. The average molecular weight is 250 g/mol. The number of aromatic nitrogens is 2. The number of piperidine rings is 1. The fraction of sp³-hybridized carbons (Fsp3) is 0.750. The van der Waals surface area contributed by atoms with Crippen LogP contribution in [0.25, 0.3) is 0 Å². The highest BCUT2D eigenvalue weighted by molar-refractivity contribution is 5.82. The zero-order chi connectivity index (χ0) is 12.6. The molecular weight excluding hydrogens is 232 g/mol. The van der Waals surface area contributed by atoms with Crippen LogP contribution in [-0.2, 0) is 11.3 Å². The average Bonchev–Trinajstić information content (AvgIpc) is 2.89. The van der Waals surface area contributed by atoms with Crippen LogP contribution in [0.1, 0.15) is 31.0 Å².